The molecule has 4 N–H and O–H groups in total. The number of carbonyl (C=O) groups is 2. The topological polar surface area (TPSA) is 124 Å². The number of carboxylic acid groups (broad SMARTS) is 1. The van der Waals surface area contributed by atoms with E-state index in [9.17, 15) is 13.8 Å². The van der Waals surface area contributed by atoms with Crippen molar-refractivity contribution in [1.82, 2.24) is 20.6 Å². The molecular formula is C12H20N4O4S. The molecule has 0 aliphatic heterocycles. The molecule has 0 saturated heterocycles. The van der Waals surface area contributed by atoms with E-state index in [-0.39, 0.29) is 12.5 Å². The number of aliphatic carboxylic acids is 1. The molecule has 21 heavy (non-hydrogen) atoms. The molecular weight excluding hydrogens is 296 g/mol. The minimum Gasteiger partial charge on any atom is -0.480 e. The average molecular weight is 316 g/mol. The number of carboxylic acids is 1. The highest BCUT2D eigenvalue weighted by Gasteiger charge is 2.21. The highest BCUT2D eigenvalue weighted by Crippen LogP contribution is 1.99. The molecule has 8 nitrogen and oxygen atoms in total. The normalized spacial score (nSPS) is 15.0. The van der Waals surface area contributed by atoms with Gasteiger partial charge in [0.15, 0.2) is 0 Å². The van der Waals surface area contributed by atoms with Gasteiger partial charge in [0, 0.05) is 47.2 Å². The molecule has 3 atom stereocenters. The lowest BCUT2D eigenvalue weighted by Crippen LogP contribution is -2.49. The molecule has 0 bridgehead atoms. The summed E-state index contributed by atoms with van der Waals surface area (Å²) in [6, 6.07) is -1.79. The number of hydrogen-bond acceptors (Lipinski definition) is 4. The SMILES string of the molecule is CC(CCS(C)=O)NC(=O)N[C@@H](Cc1cnc[nH]1)C(=O)O. The number of carbonyl (C=O) groups excluding carboxylic acids is 1. The molecule has 0 aromatic carbocycles. The van der Waals surface area contributed by atoms with Crippen molar-refractivity contribution in [2.24, 2.45) is 0 Å². The third kappa shape index (κ3) is 6.89. The number of hydrogen-bond donors (Lipinski definition) is 4. The molecule has 0 saturated carbocycles. The monoisotopic (exact) mass is 316 g/mol. The fourth-order valence-corrected chi connectivity index (χ4v) is 2.34. The Bertz CT molecular complexity index is 491. The Labute approximate surface area is 125 Å². The molecule has 0 radical (unpaired) electrons. The number of nitrogens with zero attached hydrogens (tertiary/aromatic N) is 1. The van der Waals surface area contributed by atoms with Crippen molar-refractivity contribution in [3.8, 4) is 0 Å². The second-order valence-corrected chi connectivity index (χ2v) is 6.31. The van der Waals surface area contributed by atoms with Gasteiger partial charge < -0.3 is 20.7 Å². The average Bonchev–Trinajstić information content (AvgIpc) is 2.88. The van der Waals surface area contributed by atoms with E-state index in [0.29, 0.717) is 17.9 Å². The van der Waals surface area contributed by atoms with Crippen LogP contribution in [0.2, 0.25) is 0 Å². The van der Waals surface area contributed by atoms with Crippen LogP contribution in [0.3, 0.4) is 0 Å². The van der Waals surface area contributed by atoms with E-state index in [1.807, 2.05) is 0 Å². The van der Waals surface area contributed by atoms with Crippen LogP contribution < -0.4 is 10.6 Å². The number of aromatic nitrogens is 2. The molecule has 1 rings (SSSR count). The van der Waals surface area contributed by atoms with Crippen molar-refractivity contribution in [2.75, 3.05) is 12.0 Å². The van der Waals surface area contributed by atoms with Crippen LogP contribution in [-0.4, -0.2) is 55.4 Å². The van der Waals surface area contributed by atoms with Gasteiger partial charge in [-0.3, -0.25) is 4.21 Å². The van der Waals surface area contributed by atoms with E-state index >= 15 is 0 Å². The molecule has 0 aliphatic carbocycles. The number of imidazole rings is 1. The van der Waals surface area contributed by atoms with Crippen LogP contribution in [0.25, 0.3) is 0 Å². The molecule has 9 heteroatoms. The molecule has 0 fully saturated rings. The first-order valence-electron chi connectivity index (χ1n) is 6.45. The van der Waals surface area contributed by atoms with E-state index in [1.165, 1.54) is 12.5 Å². The van der Waals surface area contributed by atoms with Gasteiger partial charge in [-0.25, -0.2) is 14.6 Å². The Morgan fingerprint density at radius 2 is 2.19 bits per heavy atom. The number of H-pyrrole nitrogens is 1. The number of rotatable bonds is 8. The molecule has 1 aromatic rings. The smallest absolute Gasteiger partial charge is 0.326 e. The van der Waals surface area contributed by atoms with E-state index in [1.54, 1.807) is 13.2 Å². The molecule has 1 aromatic heterocycles. The zero-order valence-electron chi connectivity index (χ0n) is 12.0. The van der Waals surface area contributed by atoms with Gasteiger partial charge in [0.05, 0.1) is 6.33 Å². The third-order valence-corrected chi connectivity index (χ3v) is 3.61. The second-order valence-electron chi connectivity index (χ2n) is 4.76. The molecule has 1 heterocycles. The van der Waals surface area contributed by atoms with Gasteiger partial charge >= 0.3 is 12.0 Å². The highest BCUT2D eigenvalue weighted by atomic mass is 32.2. The van der Waals surface area contributed by atoms with E-state index in [4.69, 9.17) is 5.11 Å². The first-order chi connectivity index (χ1) is 9.88. The molecule has 118 valence electrons. The Morgan fingerprint density at radius 3 is 2.71 bits per heavy atom. The van der Waals surface area contributed by atoms with Crippen LogP contribution in [0, 0.1) is 0 Å². The Kier molecular flexibility index (Phi) is 6.86. The number of nitrogens with one attached hydrogen (secondary N) is 3. The number of urea groups is 1. The number of amides is 2. The van der Waals surface area contributed by atoms with E-state index in [2.05, 4.69) is 20.6 Å². The Morgan fingerprint density at radius 1 is 1.48 bits per heavy atom. The van der Waals surface area contributed by atoms with Gasteiger partial charge in [0.2, 0.25) is 0 Å². The Hall–Kier alpha value is -1.90. The summed E-state index contributed by atoms with van der Waals surface area (Å²) in [4.78, 5) is 29.5. The van der Waals surface area contributed by atoms with E-state index < -0.39 is 28.8 Å². The van der Waals surface area contributed by atoms with Crippen molar-refractivity contribution in [3.63, 3.8) is 0 Å². The molecule has 2 amide bonds. The highest BCUT2D eigenvalue weighted by molar-refractivity contribution is 7.84. The van der Waals surface area contributed by atoms with Crippen LogP contribution in [0.15, 0.2) is 12.5 Å². The maximum absolute atomic E-state index is 11.8. The summed E-state index contributed by atoms with van der Waals surface area (Å²) in [5.74, 6) is -0.639. The van der Waals surface area contributed by atoms with Crippen molar-refractivity contribution in [3.05, 3.63) is 18.2 Å². The van der Waals surface area contributed by atoms with Crippen LogP contribution in [0.4, 0.5) is 4.79 Å². The lowest BCUT2D eigenvalue weighted by molar-refractivity contribution is -0.139. The van der Waals surface area contributed by atoms with E-state index in [0.717, 1.165) is 0 Å². The van der Waals surface area contributed by atoms with Gasteiger partial charge in [-0.1, -0.05) is 0 Å². The van der Waals surface area contributed by atoms with Crippen LogP contribution >= 0.6 is 0 Å². The first kappa shape index (κ1) is 17.2. The lowest BCUT2D eigenvalue weighted by atomic mass is 10.1. The summed E-state index contributed by atoms with van der Waals surface area (Å²) in [6.45, 7) is 1.77. The zero-order chi connectivity index (χ0) is 15.8. The summed E-state index contributed by atoms with van der Waals surface area (Å²) >= 11 is 0. The fraction of sp³-hybridized carbons (Fsp3) is 0.583. The van der Waals surface area contributed by atoms with Crippen LogP contribution in [-0.2, 0) is 22.0 Å². The standard InChI is InChI=1S/C12H20N4O4S/c1-8(3-4-21(2)20)15-12(19)16-10(11(17)18)5-9-6-13-7-14-9/h6-8,10H,3-5H2,1-2H3,(H,13,14)(H,17,18)(H2,15,16,19)/t8?,10-,21?/m0/s1. The largest absolute Gasteiger partial charge is 0.480 e. The quantitative estimate of drug-likeness (QED) is 0.531. The van der Waals surface area contributed by atoms with Crippen molar-refractivity contribution in [1.29, 1.82) is 0 Å². The molecule has 0 aliphatic rings. The summed E-state index contributed by atoms with van der Waals surface area (Å²) < 4.78 is 11.0. The Balaban J connectivity index is 2.45. The van der Waals surface area contributed by atoms with Gasteiger partial charge in [-0.15, -0.1) is 0 Å². The van der Waals surface area contributed by atoms with Gasteiger partial charge in [-0.05, 0) is 13.3 Å². The third-order valence-electron chi connectivity index (χ3n) is 2.80. The fourth-order valence-electron chi connectivity index (χ4n) is 1.65. The van der Waals surface area contributed by atoms with Gasteiger partial charge in [-0.2, -0.15) is 0 Å². The first-order valence-corrected chi connectivity index (χ1v) is 8.18. The minimum absolute atomic E-state index is 0.121. The van der Waals surface area contributed by atoms with Crippen LogP contribution in [0.1, 0.15) is 19.0 Å². The predicted molar refractivity (Wildman–Crippen MR) is 78.4 cm³/mol. The second kappa shape index (κ2) is 8.40. The molecule has 0 spiro atoms. The maximum atomic E-state index is 11.8. The summed E-state index contributed by atoms with van der Waals surface area (Å²) in [6.07, 6.45) is 5.23. The van der Waals surface area contributed by atoms with Crippen molar-refractivity contribution in [2.45, 2.75) is 31.8 Å². The zero-order valence-corrected chi connectivity index (χ0v) is 12.8. The molecule has 2 unspecified atom stereocenters. The van der Waals surface area contributed by atoms with Crippen molar-refractivity contribution >= 4 is 22.8 Å². The van der Waals surface area contributed by atoms with Crippen LogP contribution in [0.5, 0.6) is 0 Å². The van der Waals surface area contributed by atoms with Gasteiger partial charge in [0.25, 0.3) is 0 Å². The summed E-state index contributed by atoms with van der Waals surface area (Å²) in [7, 11) is -0.918. The maximum Gasteiger partial charge on any atom is 0.326 e. The lowest BCUT2D eigenvalue weighted by Gasteiger charge is -2.17. The summed E-state index contributed by atoms with van der Waals surface area (Å²) in [5, 5.41) is 14.1. The predicted octanol–water partition coefficient (Wildman–Crippen LogP) is -0.138. The summed E-state index contributed by atoms with van der Waals surface area (Å²) in [5.41, 5.74) is 0.622. The van der Waals surface area contributed by atoms with Gasteiger partial charge in [0.1, 0.15) is 6.04 Å². The van der Waals surface area contributed by atoms with Crippen molar-refractivity contribution < 1.29 is 18.9 Å². The number of aromatic amines is 1. The minimum atomic E-state index is -1.12.